The number of benzene rings is 1. The molecule has 1 fully saturated rings. The van der Waals surface area contributed by atoms with Gasteiger partial charge in [0.2, 0.25) is 6.79 Å². The zero-order valence-corrected chi connectivity index (χ0v) is 14.6. The minimum atomic E-state index is 0.308. The largest absolute Gasteiger partial charge is 0.454 e. The first-order valence-corrected chi connectivity index (χ1v) is 9.54. The fourth-order valence-corrected chi connectivity index (χ4v) is 4.00. The second-order valence-electron chi connectivity index (χ2n) is 6.29. The van der Waals surface area contributed by atoms with Crippen molar-refractivity contribution in [2.75, 3.05) is 33.0 Å². The molecule has 24 heavy (non-hydrogen) atoms. The molecule has 2 aromatic rings. The predicted octanol–water partition coefficient (Wildman–Crippen LogP) is 3.11. The Hall–Kier alpha value is -1.63. The summed E-state index contributed by atoms with van der Waals surface area (Å²) >= 11 is 1.68. The molecule has 2 aliphatic rings. The summed E-state index contributed by atoms with van der Waals surface area (Å²) in [4.78, 5) is 7.29. The Morgan fingerprint density at radius 2 is 2.00 bits per heavy atom. The van der Waals surface area contributed by atoms with Crippen LogP contribution in [0.1, 0.15) is 25.0 Å². The Morgan fingerprint density at radius 1 is 1.12 bits per heavy atom. The van der Waals surface area contributed by atoms with Crippen LogP contribution in [0, 0.1) is 0 Å². The number of ether oxygens (including phenoxy) is 2. The van der Waals surface area contributed by atoms with Crippen LogP contribution in [-0.2, 0) is 6.54 Å². The molecule has 0 saturated carbocycles. The van der Waals surface area contributed by atoms with Crippen LogP contribution in [0.25, 0.3) is 10.6 Å². The lowest BCUT2D eigenvalue weighted by molar-refractivity contribution is 0.174. The number of hydrogen-bond acceptors (Lipinski definition) is 6. The molecule has 0 unspecified atom stereocenters. The lowest BCUT2D eigenvalue weighted by atomic mass is 10.1. The van der Waals surface area contributed by atoms with Crippen LogP contribution >= 0.6 is 11.3 Å². The fourth-order valence-electron chi connectivity index (χ4n) is 3.19. The van der Waals surface area contributed by atoms with E-state index in [1.807, 2.05) is 18.2 Å². The summed E-state index contributed by atoms with van der Waals surface area (Å²) in [5.41, 5.74) is 2.19. The molecule has 0 amide bonds. The van der Waals surface area contributed by atoms with Gasteiger partial charge in [-0.25, -0.2) is 4.98 Å². The molecular weight excluding hydrogens is 322 g/mol. The van der Waals surface area contributed by atoms with Crippen molar-refractivity contribution in [2.45, 2.75) is 25.8 Å². The molecule has 4 rings (SSSR count). The molecule has 128 valence electrons. The smallest absolute Gasteiger partial charge is 0.231 e. The average Bonchev–Trinajstić information content (AvgIpc) is 3.28. The second-order valence-corrected chi connectivity index (χ2v) is 7.15. The molecule has 1 aromatic carbocycles. The van der Waals surface area contributed by atoms with Crippen LogP contribution in [0.3, 0.4) is 0 Å². The summed E-state index contributed by atoms with van der Waals surface area (Å²) < 4.78 is 10.8. The predicted molar refractivity (Wildman–Crippen MR) is 95.7 cm³/mol. The minimum absolute atomic E-state index is 0.308. The van der Waals surface area contributed by atoms with Gasteiger partial charge in [0.05, 0.1) is 5.69 Å². The highest BCUT2D eigenvalue weighted by atomic mass is 32.1. The normalized spacial score (nSPS) is 17.3. The molecule has 0 spiro atoms. The second kappa shape index (κ2) is 7.51. The molecule has 0 atom stereocenters. The van der Waals surface area contributed by atoms with E-state index in [2.05, 4.69) is 15.6 Å². The molecule has 6 heteroatoms. The van der Waals surface area contributed by atoms with Crippen LogP contribution in [-0.4, -0.2) is 42.9 Å². The molecule has 0 aliphatic carbocycles. The molecule has 2 aliphatic heterocycles. The Kier molecular flexibility index (Phi) is 4.96. The maximum atomic E-state index is 5.44. The van der Waals surface area contributed by atoms with Crippen molar-refractivity contribution in [3.8, 4) is 22.1 Å². The van der Waals surface area contributed by atoms with E-state index >= 15 is 0 Å². The van der Waals surface area contributed by atoms with Crippen molar-refractivity contribution in [1.29, 1.82) is 0 Å². The van der Waals surface area contributed by atoms with Crippen molar-refractivity contribution in [2.24, 2.45) is 0 Å². The van der Waals surface area contributed by atoms with Gasteiger partial charge in [0.15, 0.2) is 11.5 Å². The summed E-state index contributed by atoms with van der Waals surface area (Å²) in [5.74, 6) is 1.62. The van der Waals surface area contributed by atoms with E-state index < -0.39 is 0 Å². The first-order valence-electron chi connectivity index (χ1n) is 8.66. The SMILES string of the molecule is c1cc2c(cc1-c1nc(CNCCN3CCCCC3)cs1)OCO2. The summed E-state index contributed by atoms with van der Waals surface area (Å²) in [6.45, 7) is 5.81. The standard InChI is InChI=1S/C18H23N3O2S/c1-2-7-21(8-3-1)9-6-19-11-15-12-24-18(20-15)14-4-5-16-17(10-14)23-13-22-16/h4-5,10,12,19H,1-3,6-9,11,13H2. The Balaban J connectivity index is 1.28. The van der Waals surface area contributed by atoms with Crippen molar-refractivity contribution < 1.29 is 9.47 Å². The zero-order chi connectivity index (χ0) is 16.2. The lowest BCUT2D eigenvalue weighted by Crippen LogP contribution is -2.35. The van der Waals surface area contributed by atoms with Gasteiger partial charge < -0.3 is 19.7 Å². The average molecular weight is 345 g/mol. The minimum Gasteiger partial charge on any atom is -0.454 e. The summed E-state index contributed by atoms with van der Waals surface area (Å²) in [5, 5.41) is 6.67. The Bertz CT molecular complexity index is 683. The number of likely N-dealkylation sites (tertiary alicyclic amines) is 1. The van der Waals surface area contributed by atoms with Crippen LogP contribution in [0.5, 0.6) is 11.5 Å². The lowest BCUT2D eigenvalue weighted by Gasteiger charge is -2.26. The summed E-state index contributed by atoms with van der Waals surface area (Å²) in [7, 11) is 0. The Labute approximate surface area is 146 Å². The van der Waals surface area contributed by atoms with E-state index in [1.165, 1.54) is 32.4 Å². The van der Waals surface area contributed by atoms with Crippen molar-refractivity contribution >= 4 is 11.3 Å². The third-order valence-electron chi connectivity index (χ3n) is 4.53. The van der Waals surface area contributed by atoms with Crippen LogP contribution in [0.4, 0.5) is 0 Å². The molecule has 0 radical (unpaired) electrons. The van der Waals surface area contributed by atoms with Gasteiger partial charge in [-0.3, -0.25) is 0 Å². The first-order chi connectivity index (χ1) is 11.9. The van der Waals surface area contributed by atoms with Crippen molar-refractivity contribution in [3.05, 3.63) is 29.3 Å². The molecule has 1 saturated heterocycles. The highest BCUT2D eigenvalue weighted by Gasteiger charge is 2.15. The number of hydrogen-bond donors (Lipinski definition) is 1. The van der Waals surface area contributed by atoms with E-state index in [0.29, 0.717) is 6.79 Å². The van der Waals surface area contributed by atoms with Gasteiger partial charge in [0.1, 0.15) is 5.01 Å². The van der Waals surface area contributed by atoms with Crippen LogP contribution < -0.4 is 14.8 Å². The third kappa shape index (κ3) is 3.71. The molecular formula is C18H23N3O2S. The van der Waals surface area contributed by atoms with Crippen molar-refractivity contribution in [3.63, 3.8) is 0 Å². The van der Waals surface area contributed by atoms with Gasteiger partial charge in [0.25, 0.3) is 0 Å². The van der Waals surface area contributed by atoms with E-state index in [1.54, 1.807) is 11.3 Å². The molecule has 1 aromatic heterocycles. The first kappa shape index (κ1) is 15.9. The molecule has 0 bridgehead atoms. The monoisotopic (exact) mass is 345 g/mol. The number of rotatable bonds is 6. The highest BCUT2D eigenvalue weighted by molar-refractivity contribution is 7.13. The summed E-state index contributed by atoms with van der Waals surface area (Å²) in [6.07, 6.45) is 4.10. The van der Waals surface area contributed by atoms with Gasteiger partial charge >= 0.3 is 0 Å². The number of nitrogens with zero attached hydrogens (tertiary/aromatic N) is 2. The van der Waals surface area contributed by atoms with E-state index in [4.69, 9.17) is 14.5 Å². The topological polar surface area (TPSA) is 46.6 Å². The number of aromatic nitrogens is 1. The van der Waals surface area contributed by atoms with Gasteiger partial charge in [-0.05, 0) is 44.1 Å². The fraction of sp³-hybridized carbons (Fsp3) is 0.500. The van der Waals surface area contributed by atoms with E-state index in [-0.39, 0.29) is 0 Å². The van der Waals surface area contributed by atoms with E-state index in [0.717, 1.165) is 47.4 Å². The quantitative estimate of drug-likeness (QED) is 0.815. The highest BCUT2D eigenvalue weighted by Crippen LogP contribution is 2.36. The number of thiazole rings is 1. The summed E-state index contributed by atoms with van der Waals surface area (Å²) in [6, 6.07) is 6.00. The third-order valence-corrected chi connectivity index (χ3v) is 5.47. The van der Waals surface area contributed by atoms with Crippen LogP contribution in [0.15, 0.2) is 23.6 Å². The van der Waals surface area contributed by atoms with Crippen LogP contribution in [0.2, 0.25) is 0 Å². The van der Waals surface area contributed by atoms with Gasteiger partial charge in [0, 0.05) is 30.6 Å². The Morgan fingerprint density at radius 3 is 2.92 bits per heavy atom. The maximum Gasteiger partial charge on any atom is 0.231 e. The molecule has 3 heterocycles. The number of nitrogens with one attached hydrogen (secondary N) is 1. The molecule has 5 nitrogen and oxygen atoms in total. The van der Waals surface area contributed by atoms with Gasteiger partial charge in [-0.2, -0.15) is 0 Å². The maximum absolute atomic E-state index is 5.44. The van der Waals surface area contributed by atoms with Gasteiger partial charge in [-0.1, -0.05) is 6.42 Å². The van der Waals surface area contributed by atoms with Gasteiger partial charge in [-0.15, -0.1) is 11.3 Å². The zero-order valence-electron chi connectivity index (χ0n) is 13.8. The van der Waals surface area contributed by atoms with Crippen molar-refractivity contribution in [1.82, 2.24) is 15.2 Å². The number of fused-ring (bicyclic) bond motifs is 1. The molecule has 1 N–H and O–H groups in total. The van der Waals surface area contributed by atoms with E-state index in [9.17, 15) is 0 Å². The number of piperidine rings is 1.